The summed E-state index contributed by atoms with van der Waals surface area (Å²) in [7, 11) is 0. The molecule has 0 radical (unpaired) electrons. The molecule has 1 aromatic rings. The molecular formula is C13H20N2O2S. The molecule has 0 aromatic carbocycles. The molecule has 1 fully saturated rings. The highest BCUT2D eigenvalue weighted by Gasteiger charge is 2.40. The predicted octanol–water partition coefficient (Wildman–Crippen LogP) is 1.99. The van der Waals surface area contributed by atoms with E-state index in [1.165, 1.54) is 4.88 Å². The van der Waals surface area contributed by atoms with Crippen molar-refractivity contribution in [3.63, 3.8) is 0 Å². The van der Waals surface area contributed by atoms with Crippen molar-refractivity contribution in [2.75, 3.05) is 13.2 Å². The summed E-state index contributed by atoms with van der Waals surface area (Å²) in [6, 6.07) is 4.04. The van der Waals surface area contributed by atoms with Crippen molar-refractivity contribution in [3.8, 4) is 0 Å². The molecule has 5 heteroatoms. The van der Waals surface area contributed by atoms with Gasteiger partial charge in [-0.3, -0.25) is 10.1 Å². The fourth-order valence-corrected chi connectivity index (χ4v) is 3.03. The van der Waals surface area contributed by atoms with Crippen LogP contribution in [0, 0.1) is 0 Å². The molecule has 1 saturated heterocycles. The number of nitrogens with zero attached hydrogens (tertiary/aromatic N) is 1. The van der Waals surface area contributed by atoms with Crippen LogP contribution in [0.1, 0.15) is 31.8 Å². The molecule has 1 amide bonds. The summed E-state index contributed by atoms with van der Waals surface area (Å²) in [4.78, 5) is 15.3. The van der Waals surface area contributed by atoms with Crippen LogP contribution in [0.5, 0.6) is 0 Å². The highest BCUT2D eigenvalue weighted by molar-refractivity contribution is 7.10. The molecule has 1 aromatic heterocycles. The summed E-state index contributed by atoms with van der Waals surface area (Å²) in [5.74, 6) is 0.153. The van der Waals surface area contributed by atoms with Crippen molar-refractivity contribution < 1.29 is 9.53 Å². The molecule has 2 rings (SSSR count). The first-order valence-electron chi connectivity index (χ1n) is 6.34. The lowest BCUT2D eigenvalue weighted by molar-refractivity contribution is -0.133. The van der Waals surface area contributed by atoms with E-state index in [-0.39, 0.29) is 24.2 Å². The lowest BCUT2D eigenvalue weighted by atomic mass is 10.2. The maximum atomic E-state index is 12.2. The zero-order chi connectivity index (χ0) is 13.1. The fraction of sp³-hybridized carbons (Fsp3) is 0.615. The SMILES string of the molecule is CCOCC(C)N1C(=O)C(C)NC1c1cccs1. The van der Waals surface area contributed by atoms with Crippen LogP contribution < -0.4 is 5.32 Å². The third kappa shape index (κ3) is 2.58. The second-order valence-corrected chi connectivity index (χ2v) is 5.54. The smallest absolute Gasteiger partial charge is 0.241 e. The third-order valence-electron chi connectivity index (χ3n) is 3.16. The highest BCUT2D eigenvalue weighted by atomic mass is 32.1. The molecule has 2 heterocycles. The van der Waals surface area contributed by atoms with E-state index in [0.717, 1.165) is 0 Å². The molecule has 1 aliphatic heterocycles. The summed E-state index contributed by atoms with van der Waals surface area (Å²) < 4.78 is 5.44. The van der Waals surface area contributed by atoms with Gasteiger partial charge in [-0.25, -0.2) is 0 Å². The van der Waals surface area contributed by atoms with Crippen LogP contribution in [-0.2, 0) is 9.53 Å². The normalized spacial score (nSPS) is 25.7. The van der Waals surface area contributed by atoms with Gasteiger partial charge in [0.2, 0.25) is 5.91 Å². The minimum atomic E-state index is -0.124. The first-order chi connectivity index (χ1) is 8.65. The van der Waals surface area contributed by atoms with E-state index in [4.69, 9.17) is 4.74 Å². The predicted molar refractivity (Wildman–Crippen MR) is 72.5 cm³/mol. The van der Waals surface area contributed by atoms with E-state index in [9.17, 15) is 4.79 Å². The van der Waals surface area contributed by atoms with Crippen LogP contribution in [0.15, 0.2) is 17.5 Å². The number of hydrogen-bond donors (Lipinski definition) is 1. The number of carbonyl (C=O) groups excluding carboxylic acids is 1. The molecule has 0 saturated carbocycles. The fourth-order valence-electron chi connectivity index (χ4n) is 2.25. The molecule has 0 bridgehead atoms. The topological polar surface area (TPSA) is 41.6 Å². The van der Waals surface area contributed by atoms with Gasteiger partial charge in [-0.1, -0.05) is 6.07 Å². The molecule has 18 heavy (non-hydrogen) atoms. The standard InChI is InChI=1S/C13H20N2O2S/c1-4-17-8-9(2)15-12(11-6-5-7-18-11)14-10(3)13(15)16/h5-7,9-10,12,14H,4,8H2,1-3H3. The molecule has 3 atom stereocenters. The van der Waals surface area contributed by atoms with Crippen LogP contribution in [0.25, 0.3) is 0 Å². The molecule has 1 N–H and O–H groups in total. The van der Waals surface area contributed by atoms with Gasteiger partial charge >= 0.3 is 0 Å². The minimum Gasteiger partial charge on any atom is -0.380 e. The average Bonchev–Trinajstić information content (AvgIpc) is 2.96. The number of ether oxygens (including phenoxy) is 1. The Balaban J connectivity index is 2.15. The van der Waals surface area contributed by atoms with E-state index in [2.05, 4.69) is 11.4 Å². The van der Waals surface area contributed by atoms with Crippen LogP contribution in [0.4, 0.5) is 0 Å². The first-order valence-corrected chi connectivity index (χ1v) is 7.22. The first kappa shape index (κ1) is 13.5. The lowest BCUT2D eigenvalue weighted by Gasteiger charge is -2.29. The Kier molecular flexibility index (Phi) is 4.37. The van der Waals surface area contributed by atoms with Gasteiger partial charge in [-0.15, -0.1) is 11.3 Å². The second kappa shape index (κ2) is 5.82. The third-order valence-corrected chi connectivity index (χ3v) is 4.09. The van der Waals surface area contributed by atoms with Crippen molar-refractivity contribution in [3.05, 3.63) is 22.4 Å². The van der Waals surface area contributed by atoms with Crippen LogP contribution in [0.3, 0.4) is 0 Å². The number of hydrogen-bond acceptors (Lipinski definition) is 4. The quantitative estimate of drug-likeness (QED) is 0.888. The van der Waals surface area contributed by atoms with Gasteiger partial charge < -0.3 is 9.64 Å². The number of thiophene rings is 1. The number of carbonyl (C=O) groups is 1. The van der Waals surface area contributed by atoms with Gasteiger partial charge in [0.25, 0.3) is 0 Å². The van der Waals surface area contributed by atoms with Gasteiger partial charge in [-0.05, 0) is 32.2 Å². The monoisotopic (exact) mass is 268 g/mol. The van der Waals surface area contributed by atoms with Gasteiger partial charge in [-0.2, -0.15) is 0 Å². The largest absolute Gasteiger partial charge is 0.380 e. The van der Waals surface area contributed by atoms with E-state index >= 15 is 0 Å². The average molecular weight is 268 g/mol. The second-order valence-electron chi connectivity index (χ2n) is 4.56. The summed E-state index contributed by atoms with van der Waals surface area (Å²) in [5.41, 5.74) is 0. The molecular weight excluding hydrogens is 248 g/mol. The molecule has 100 valence electrons. The van der Waals surface area contributed by atoms with E-state index in [0.29, 0.717) is 13.2 Å². The summed E-state index contributed by atoms with van der Waals surface area (Å²) in [6.45, 7) is 7.18. The Morgan fingerprint density at radius 1 is 1.61 bits per heavy atom. The van der Waals surface area contributed by atoms with Crippen molar-refractivity contribution in [1.29, 1.82) is 0 Å². The van der Waals surface area contributed by atoms with Gasteiger partial charge in [0.1, 0.15) is 6.17 Å². The Bertz CT molecular complexity index is 394. The molecule has 0 aliphatic carbocycles. The van der Waals surface area contributed by atoms with Gasteiger partial charge in [0.15, 0.2) is 0 Å². The Hall–Kier alpha value is -0.910. The van der Waals surface area contributed by atoms with Gasteiger partial charge in [0.05, 0.1) is 18.7 Å². The van der Waals surface area contributed by atoms with Crippen LogP contribution in [0.2, 0.25) is 0 Å². The van der Waals surface area contributed by atoms with Gasteiger partial charge in [0, 0.05) is 11.5 Å². The number of amides is 1. The Morgan fingerprint density at radius 3 is 3.00 bits per heavy atom. The summed E-state index contributed by atoms with van der Waals surface area (Å²) >= 11 is 1.67. The zero-order valence-corrected chi connectivity index (χ0v) is 11.9. The number of rotatable bonds is 5. The number of nitrogens with one attached hydrogen (secondary N) is 1. The molecule has 1 aliphatic rings. The van der Waals surface area contributed by atoms with E-state index in [1.54, 1.807) is 11.3 Å². The summed E-state index contributed by atoms with van der Waals surface area (Å²) in [6.07, 6.45) is -0.0112. The van der Waals surface area contributed by atoms with Crippen LogP contribution >= 0.6 is 11.3 Å². The maximum Gasteiger partial charge on any atom is 0.241 e. The lowest BCUT2D eigenvalue weighted by Crippen LogP contribution is -2.40. The van der Waals surface area contributed by atoms with Crippen molar-refractivity contribution in [2.24, 2.45) is 0 Å². The Labute approximate surface area is 112 Å². The highest BCUT2D eigenvalue weighted by Crippen LogP contribution is 2.30. The van der Waals surface area contributed by atoms with Crippen LogP contribution in [-0.4, -0.2) is 36.1 Å². The van der Waals surface area contributed by atoms with Crippen molar-refractivity contribution >= 4 is 17.2 Å². The molecule has 0 spiro atoms. The molecule has 3 unspecified atom stereocenters. The minimum absolute atomic E-state index is 0.0112. The van der Waals surface area contributed by atoms with E-state index < -0.39 is 0 Å². The van der Waals surface area contributed by atoms with Crippen molar-refractivity contribution in [2.45, 2.75) is 39.0 Å². The molecule has 4 nitrogen and oxygen atoms in total. The maximum absolute atomic E-state index is 12.2. The van der Waals surface area contributed by atoms with E-state index in [1.807, 2.05) is 37.1 Å². The zero-order valence-electron chi connectivity index (χ0n) is 11.1. The summed E-state index contributed by atoms with van der Waals surface area (Å²) in [5, 5.41) is 5.38. The Morgan fingerprint density at radius 2 is 2.39 bits per heavy atom. The van der Waals surface area contributed by atoms with Crippen molar-refractivity contribution in [1.82, 2.24) is 10.2 Å².